The predicted octanol–water partition coefficient (Wildman–Crippen LogP) is 1.17. The van der Waals surface area contributed by atoms with Crippen LogP contribution in [0.25, 0.3) is 0 Å². The summed E-state index contributed by atoms with van der Waals surface area (Å²) in [5, 5.41) is 47.9. The van der Waals surface area contributed by atoms with E-state index in [1.807, 2.05) is 6.92 Å². The lowest BCUT2D eigenvalue weighted by molar-refractivity contribution is -0.184. The molecule has 0 radical (unpaired) electrons. The number of ketones is 2. The third kappa shape index (κ3) is 8.91. The number of nitrogens with zero attached hydrogens (tertiary/aromatic N) is 1. The van der Waals surface area contributed by atoms with Gasteiger partial charge in [-0.15, -0.1) is 0 Å². The van der Waals surface area contributed by atoms with Gasteiger partial charge < -0.3 is 47.3 Å². The van der Waals surface area contributed by atoms with E-state index in [4.69, 9.17) is 16.2 Å². The number of carboxylic acids is 1. The summed E-state index contributed by atoms with van der Waals surface area (Å²) in [5.41, 5.74) is 9.13. The molecule has 4 unspecified atom stereocenters. The molecular formula is C40H55N5O11. The first-order valence-corrected chi connectivity index (χ1v) is 19.4. The van der Waals surface area contributed by atoms with Crippen LogP contribution in [0, 0.1) is 28.6 Å². The van der Waals surface area contributed by atoms with E-state index in [0.717, 1.165) is 18.4 Å². The van der Waals surface area contributed by atoms with Gasteiger partial charge in [-0.25, -0.2) is 4.79 Å². The lowest BCUT2D eigenvalue weighted by Crippen LogP contribution is -2.62. The zero-order valence-electron chi connectivity index (χ0n) is 32.0. The Morgan fingerprint density at radius 1 is 1.00 bits per heavy atom. The number of aliphatic hydroxyl groups excluding tert-OH is 1. The summed E-state index contributed by atoms with van der Waals surface area (Å²) in [6.07, 6.45) is 3.74. The molecule has 0 bridgehead atoms. The fourth-order valence-electron chi connectivity index (χ4n) is 10.1. The fraction of sp³-hybridized carbons (Fsp3) is 0.625. The Balaban J connectivity index is 1.16. The summed E-state index contributed by atoms with van der Waals surface area (Å²) < 4.78 is 5.26. The number of allylic oxidation sites excluding steroid dienone is 1. The van der Waals surface area contributed by atoms with E-state index in [1.165, 1.54) is 24.3 Å². The highest BCUT2D eigenvalue weighted by atomic mass is 16.5. The average molecular weight is 782 g/mol. The van der Waals surface area contributed by atoms with Crippen LogP contribution in [0.4, 0.5) is 0 Å². The monoisotopic (exact) mass is 781 g/mol. The zero-order chi connectivity index (χ0) is 41.0. The molecule has 1 aromatic carbocycles. The van der Waals surface area contributed by atoms with E-state index in [0.29, 0.717) is 24.8 Å². The number of amides is 2. The minimum absolute atomic E-state index is 0.0000473. The molecule has 306 valence electrons. The maximum atomic E-state index is 13.7. The van der Waals surface area contributed by atoms with Crippen LogP contribution in [0.5, 0.6) is 5.75 Å². The van der Waals surface area contributed by atoms with Gasteiger partial charge in [-0.05, 0) is 98.3 Å². The summed E-state index contributed by atoms with van der Waals surface area (Å²) in [7, 11) is 0. The van der Waals surface area contributed by atoms with Crippen molar-refractivity contribution in [1.29, 1.82) is 0 Å². The van der Waals surface area contributed by atoms with Crippen molar-refractivity contribution in [2.24, 2.45) is 45.0 Å². The first kappa shape index (κ1) is 42.3. The smallest absolute Gasteiger partial charge is 0.326 e. The molecule has 4 aliphatic rings. The molecule has 2 amide bonds. The number of ether oxygens (including phenoxy) is 1. The molecule has 1 aromatic rings. The van der Waals surface area contributed by atoms with Gasteiger partial charge >= 0.3 is 11.9 Å². The molecule has 0 aromatic heterocycles. The molecule has 0 aliphatic heterocycles. The zero-order valence-corrected chi connectivity index (χ0v) is 32.0. The Kier molecular flexibility index (Phi) is 12.9. The number of carbonyl (C=O) groups excluding carboxylic acids is 5. The van der Waals surface area contributed by atoms with Crippen LogP contribution in [-0.4, -0.2) is 98.6 Å². The number of nitrogens with two attached hydrogens (primary N) is 2. The first-order chi connectivity index (χ1) is 26.4. The number of phenols is 1. The van der Waals surface area contributed by atoms with Crippen LogP contribution >= 0.6 is 0 Å². The number of fused-ring (bicyclic) bond motifs is 5. The third-order valence-corrected chi connectivity index (χ3v) is 13.0. The number of aliphatic hydroxyl groups is 2. The number of esters is 1. The quantitative estimate of drug-likeness (QED) is 0.0507. The Labute approximate surface area is 325 Å². The minimum Gasteiger partial charge on any atom is -0.508 e. The highest BCUT2D eigenvalue weighted by molar-refractivity contribution is 5.93. The van der Waals surface area contributed by atoms with Crippen molar-refractivity contribution < 1.29 is 53.9 Å². The van der Waals surface area contributed by atoms with Gasteiger partial charge in [0.2, 0.25) is 17.6 Å². The maximum absolute atomic E-state index is 13.7. The standard InChI is InChI=1S/C40H55N5O11/c1-38-15-13-25(47)19-23(38)7-10-26-27-14-16-40(55,39(27,2)20-30(48)34(26)38)31(49)21-56-33(51)12-11-32(50)44-29(18-22-5-8-24(46)9-6-22)35(52)45-28(36(53)54)4-3-17-43-37(41)42/h5-6,8-9,19,26-30,34,46,48,55H,3-4,7,10-18,20-21H2,1-2H3,(H,44,50)(H,45,52)(H,53,54)(H4,41,42,43)/t26?,27?,28-,29-,30?,34?,38-,39-,40-/m0/s1. The first-order valence-electron chi connectivity index (χ1n) is 19.4. The van der Waals surface area contributed by atoms with Crippen molar-refractivity contribution in [3.05, 3.63) is 41.5 Å². The molecule has 0 spiro atoms. The van der Waals surface area contributed by atoms with Crippen molar-refractivity contribution in [3.63, 3.8) is 0 Å². The number of carbonyl (C=O) groups is 6. The Morgan fingerprint density at radius 3 is 2.39 bits per heavy atom. The highest BCUT2D eigenvalue weighted by Crippen LogP contribution is 2.67. The number of nitrogens with one attached hydrogen (secondary N) is 2. The molecule has 0 saturated heterocycles. The lowest BCUT2D eigenvalue weighted by Gasteiger charge is -2.60. The van der Waals surface area contributed by atoms with Crippen molar-refractivity contribution in [1.82, 2.24) is 10.6 Å². The fourth-order valence-corrected chi connectivity index (χ4v) is 10.1. The number of aromatic hydroxyl groups is 1. The highest BCUT2D eigenvalue weighted by Gasteiger charge is 2.68. The normalized spacial score (nSPS) is 30.3. The summed E-state index contributed by atoms with van der Waals surface area (Å²) in [6.45, 7) is 3.38. The number of benzene rings is 1. The molecular weight excluding hydrogens is 726 g/mol. The number of hydrogen-bond donors (Lipinski definition) is 8. The molecule has 16 nitrogen and oxygen atoms in total. The van der Waals surface area contributed by atoms with Crippen LogP contribution in [0.15, 0.2) is 40.9 Å². The summed E-state index contributed by atoms with van der Waals surface area (Å²) in [5.74, 6) is -4.53. The molecule has 16 heteroatoms. The summed E-state index contributed by atoms with van der Waals surface area (Å²) in [6, 6.07) is 3.30. The van der Waals surface area contributed by atoms with Crippen LogP contribution in [0.1, 0.15) is 90.0 Å². The van der Waals surface area contributed by atoms with Crippen molar-refractivity contribution >= 4 is 41.3 Å². The Bertz CT molecular complexity index is 1760. The van der Waals surface area contributed by atoms with E-state index >= 15 is 0 Å². The van der Waals surface area contributed by atoms with Gasteiger partial charge in [0.25, 0.3) is 0 Å². The van der Waals surface area contributed by atoms with Gasteiger partial charge in [0.05, 0.1) is 12.5 Å². The second-order valence-corrected chi connectivity index (χ2v) is 16.4. The van der Waals surface area contributed by atoms with E-state index in [-0.39, 0.29) is 79.3 Å². The number of aliphatic carboxylic acids is 1. The maximum Gasteiger partial charge on any atom is 0.326 e. The molecule has 9 atom stereocenters. The van der Waals surface area contributed by atoms with Crippen LogP contribution in [0.3, 0.4) is 0 Å². The van der Waals surface area contributed by atoms with E-state index in [1.54, 1.807) is 6.08 Å². The topological polar surface area (TPSA) is 281 Å². The second-order valence-electron chi connectivity index (χ2n) is 16.4. The number of carboxylic acid groups (broad SMARTS) is 1. The van der Waals surface area contributed by atoms with Crippen molar-refractivity contribution in [2.45, 2.75) is 115 Å². The molecule has 3 fully saturated rings. The van der Waals surface area contributed by atoms with Crippen LogP contribution < -0.4 is 22.1 Å². The number of aliphatic imine (C=N–C) groups is 1. The average Bonchev–Trinajstić information content (AvgIpc) is 3.41. The van der Waals surface area contributed by atoms with E-state index in [2.05, 4.69) is 22.5 Å². The summed E-state index contributed by atoms with van der Waals surface area (Å²) in [4.78, 5) is 80.7. The van der Waals surface area contributed by atoms with Gasteiger partial charge in [0.1, 0.15) is 23.4 Å². The van der Waals surface area contributed by atoms with Gasteiger partial charge in [-0.1, -0.05) is 31.6 Å². The number of guanidine groups is 1. The SMILES string of the molecule is C[C@]12CCC(=O)C=C1CCC1C2C(O)C[C@@]2(C)C1CC[C@]2(O)C(=O)COC(=O)CCC(=O)N[C@@H](Cc1ccc(O)cc1)C(=O)N[C@@H](CCCN=C(N)N)C(=O)O. The number of phenolic OH excluding ortho intramolecular Hbond substituents is 1. The number of hydrogen-bond acceptors (Lipinski definition) is 11. The molecule has 5 rings (SSSR count). The summed E-state index contributed by atoms with van der Waals surface area (Å²) >= 11 is 0. The van der Waals surface area contributed by atoms with E-state index < -0.39 is 78.2 Å². The minimum atomic E-state index is -1.84. The van der Waals surface area contributed by atoms with Crippen molar-refractivity contribution in [3.8, 4) is 5.75 Å². The van der Waals surface area contributed by atoms with Gasteiger partial charge in [0, 0.05) is 31.2 Å². The van der Waals surface area contributed by atoms with Crippen LogP contribution in [-0.2, 0) is 39.9 Å². The largest absolute Gasteiger partial charge is 0.508 e. The molecule has 56 heavy (non-hydrogen) atoms. The van der Waals surface area contributed by atoms with Crippen molar-refractivity contribution in [2.75, 3.05) is 13.2 Å². The van der Waals surface area contributed by atoms with Crippen LogP contribution in [0.2, 0.25) is 0 Å². The van der Waals surface area contributed by atoms with Gasteiger partial charge in [0.15, 0.2) is 18.3 Å². The Hall–Kier alpha value is -4.83. The number of Topliss-reactive ketones (excluding diaryl/α,β-unsaturated/α-hetero) is 1. The molecule has 3 saturated carbocycles. The molecule has 10 N–H and O–H groups in total. The van der Waals surface area contributed by atoms with Gasteiger partial charge in [-0.2, -0.15) is 0 Å². The second kappa shape index (κ2) is 17.1. The van der Waals surface area contributed by atoms with E-state index in [9.17, 15) is 49.2 Å². The molecule has 0 heterocycles. The Morgan fingerprint density at radius 2 is 1.71 bits per heavy atom. The third-order valence-electron chi connectivity index (χ3n) is 13.0. The lowest BCUT2D eigenvalue weighted by atomic mass is 9.45. The van der Waals surface area contributed by atoms with Gasteiger partial charge in [-0.3, -0.25) is 29.0 Å². The predicted molar refractivity (Wildman–Crippen MR) is 201 cm³/mol. The molecule has 4 aliphatic carbocycles. The number of rotatable bonds is 16.